The molecule has 1 fully saturated rings. The number of benzene rings is 1. The van der Waals surface area contributed by atoms with E-state index in [0.717, 1.165) is 49.8 Å². The Kier molecular flexibility index (Phi) is 5.55. The first-order valence-electron chi connectivity index (χ1n) is 11.4. The van der Waals surface area contributed by atoms with Crippen LogP contribution in [0.4, 0.5) is 5.69 Å². The van der Waals surface area contributed by atoms with Gasteiger partial charge in [-0.2, -0.15) is 0 Å². The fraction of sp³-hybridized carbons (Fsp3) is 0.400. The molecule has 1 atom stereocenters. The van der Waals surface area contributed by atoms with Gasteiger partial charge >= 0.3 is 0 Å². The highest BCUT2D eigenvalue weighted by molar-refractivity contribution is 5.98. The van der Waals surface area contributed by atoms with Gasteiger partial charge in [-0.25, -0.2) is 4.98 Å². The number of aromatic nitrogens is 2. The summed E-state index contributed by atoms with van der Waals surface area (Å²) in [5, 5.41) is 3.51. The SMILES string of the molecule is CN=C(NCc1cn2c(C)cccc2n1)N1CC(CCN2CCCC2=O)c2ccccc21. The van der Waals surface area contributed by atoms with Gasteiger partial charge < -0.3 is 19.5 Å². The summed E-state index contributed by atoms with van der Waals surface area (Å²) >= 11 is 0. The highest BCUT2D eigenvalue weighted by atomic mass is 16.2. The smallest absolute Gasteiger partial charge is 0.222 e. The largest absolute Gasteiger partial charge is 0.350 e. The Balaban J connectivity index is 1.29. The van der Waals surface area contributed by atoms with Crippen LogP contribution < -0.4 is 10.2 Å². The first-order chi connectivity index (χ1) is 15.6. The molecule has 2 aliphatic rings. The normalized spacial score (nSPS) is 18.6. The number of aliphatic imine (C=N–C) groups is 1. The Labute approximate surface area is 188 Å². The van der Waals surface area contributed by atoms with Crippen LogP contribution in [0, 0.1) is 6.92 Å². The summed E-state index contributed by atoms with van der Waals surface area (Å²) < 4.78 is 2.11. The standard InChI is InChI=1S/C25H30N6O/c1-18-7-5-10-23-28-20(17-30(18)23)15-27-25(26-2)31-16-19(21-8-3-4-9-22(21)31)12-14-29-13-6-11-24(29)32/h3-5,7-10,17,19H,6,11-16H2,1-2H3,(H,26,27). The first-order valence-corrected chi connectivity index (χ1v) is 11.4. The minimum atomic E-state index is 0.299. The second kappa shape index (κ2) is 8.65. The molecule has 166 valence electrons. The molecule has 0 aliphatic carbocycles. The number of fused-ring (bicyclic) bond motifs is 2. The van der Waals surface area contributed by atoms with E-state index < -0.39 is 0 Å². The molecule has 1 N–H and O–H groups in total. The molecule has 4 heterocycles. The van der Waals surface area contributed by atoms with Crippen LogP contribution in [-0.2, 0) is 11.3 Å². The zero-order valence-electron chi connectivity index (χ0n) is 18.8. The van der Waals surface area contributed by atoms with Gasteiger partial charge in [0.25, 0.3) is 0 Å². The number of imidazole rings is 1. The van der Waals surface area contributed by atoms with Crippen molar-refractivity contribution in [1.29, 1.82) is 0 Å². The number of carbonyl (C=O) groups excluding carboxylic acids is 1. The van der Waals surface area contributed by atoms with Gasteiger partial charge in [0.1, 0.15) is 5.65 Å². The molecule has 7 nitrogen and oxygen atoms in total. The van der Waals surface area contributed by atoms with E-state index in [-0.39, 0.29) is 0 Å². The number of nitrogens with zero attached hydrogens (tertiary/aromatic N) is 5. The summed E-state index contributed by atoms with van der Waals surface area (Å²) in [6.45, 7) is 5.30. The average Bonchev–Trinajstić information content (AvgIpc) is 3.51. The van der Waals surface area contributed by atoms with Gasteiger partial charge in [0.15, 0.2) is 5.96 Å². The maximum absolute atomic E-state index is 12.0. The van der Waals surface area contributed by atoms with E-state index in [1.54, 1.807) is 0 Å². The fourth-order valence-corrected chi connectivity index (χ4v) is 4.94. The van der Waals surface area contributed by atoms with E-state index >= 15 is 0 Å². The fourth-order valence-electron chi connectivity index (χ4n) is 4.94. The summed E-state index contributed by atoms with van der Waals surface area (Å²) in [6, 6.07) is 14.7. The van der Waals surface area contributed by atoms with Crippen LogP contribution in [0.25, 0.3) is 5.65 Å². The third-order valence-corrected chi connectivity index (χ3v) is 6.63. The van der Waals surface area contributed by atoms with Crippen LogP contribution in [0.1, 0.15) is 42.1 Å². The van der Waals surface area contributed by atoms with E-state index in [9.17, 15) is 4.79 Å². The van der Waals surface area contributed by atoms with E-state index in [4.69, 9.17) is 4.98 Å². The van der Waals surface area contributed by atoms with Gasteiger partial charge in [0.05, 0.1) is 12.2 Å². The molecule has 1 saturated heterocycles. The summed E-state index contributed by atoms with van der Waals surface area (Å²) in [5.41, 5.74) is 5.64. The summed E-state index contributed by atoms with van der Waals surface area (Å²) in [6.07, 6.45) is 4.75. The number of amides is 1. The summed E-state index contributed by atoms with van der Waals surface area (Å²) in [4.78, 5) is 25.6. The molecular weight excluding hydrogens is 400 g/mol. The van der Waals surface area contributed by atoms with E-state index in [1.807, 2.05) is 24.1 Å². The van der Waals surface area contributed by atoms with Crippen LogP contribution in [0.3, 0.4) is 0 Å². The molecule has 3 aromatic rings. The lowest BCUT2D eigenvalue weighted by Gasteiger charge is -2.23. The van der Waals surface area contributed by atoms with Crippen molar-refractivity contribution in [3.8, 4) is 0 Å². The van der Waals surface area contributed by atoms with Gasteiger partial charge in [-0.15, -0.1) is 0 Å². The van der Waals surface area contributed by atoms with Crippen molar-refractivity contribution < 1.29 is 4.79 Å². The molecule has 0 saturated carbocycles. The van der Waals surface area contributed by atoms with Gasteiger partial charge in [0.2, 0.25) is 5.91 Å². The molecule has 5 rings (SSSR count). The Hall–Kier alpha value is -3.35. The lowest BCUT2D eigenvalue weighted by atomic mass is 9.98. The van der Waals surface area contributed by atoms with E-state index in [2.05, 4.69) is 63.1 Å². The number of hydrogen-bond donors (Lipinski definition) is 1. The number of carbonyl (C=O) groups is 1. The van der Waals surface area contributed by atoms with Crippen LogP contribution in [-0.4, -0.2) is 52.8 Å². The van der Waals surface area contributed by atoms with E-state index in [0.29, 0.717) is 24.8 Å². The number of likely N-dealkylation sites (tertiary alicyclic amines) is 1. The maximum atomic E-state index is 12.0. The van der Waals surface area contributed by atoms with Crippen molar-refractivity contribution in [2.24, 2.45) is 4.99 Å². The molecule has 2 aromatic heterocycles. The topological polar surface area (TPSA) is 65.2 Å². The second-order valence-electron chi connectivity index (χ2n) is 8.67. The number of para-hydroxylation sites is 1. The number of guanidine groups is 1. The predicted octanol–water partition coefficient (Wildman–Crippen LogP) is 3.33. The second-order valence-corrected chi connectivity index (χ2v) is 8.67. The van der Waals surface area contributed by atoms with Crippen molar-refractivity contribution in [1.82, 2.24) is 19.6 Å². The molecular formula is C25H30N6O. The number of hydrogen-bond acceptors (Lipinski definition) is 3. The van der Waals surface area contributed by atoms with Gasteiger partial charge in [-0.05, 0) is 43.5 Å². The van der Waals surface area contributed by atoms with Crippen molar-refractivity contribution in [2.75, 3.05) is 31.6 Å². The molecule has 0 bridgehead atoms. The zero-order chi connectivity index (χ0) is 22.1. The Morgan fingerprint density at radius 3 is 2.88 bits per heavy atom. The number of aryl methyl sites for hydroxylation is 1. The minimum absolute atomic E-state index is 0.299. The number of pyridine rings is 1. The van der Waals surface area contributed by atoms with Crippen LogP contribution in [0.5, 0.6) is 0 Å². The van der Waals surface area contributed by atoms with Gasteiger partial charge in [-0.1, -0.05) is 24.3 Å². The number of rotatable bonds is 5. The lowest BCUT2D eigenvalue weighted by molar-refractivity contribution is -0.127. The highest BCUT2D eigenvalue weighted by Crippen LogP contribution is 2.38. The molecule has 1 aromatic carbocycles. The number of anilines is 1. The quantitative estimate of drug-likeness (QED) is 0.498. The van der Waals surface area contributed by atoms with Crippen molar-refractivity contribution >= 4 is 23.2 Å². The Bertz CT molecular complexity index is 1170. The molecule has 0 radical (unpaired) electrons. The lowest BCUT2D eigenvalue weighted by Crippen LogP contribution is -2.40. The molecule has 2 aliphatic heterocycles. The average molecular weight is 431 g/mol. The van der Waals surface area contributed by atoms with Gasteiger partial charge in [-0.3, -0.25) is 9.79 Å². The molecule has 1 amide bonds. The maximum Gasteiger partial charge on any atom is 0.222 e. The van der Waals surface area contributed by atoms with Crippen LogP contribution >= 0.6 is 0 Å². The Morgan fingerprint density at radius 1 is 1.22 bits per heavy atom. The first kappa shape index (κ1) is 20.5. The highest BCUT2D eigenvalue weighted by Gasteiger charge is 2.32. The van der Waals surface area contributed by atoms with Gasteiger partial charge in [0, 0.05) is 56.6 Å². The minimum Gasteiger partial charge on any atom is -0.350 e. The van der Waals surface area contributed by atoms with Crippen molar-refractivity contribution in [3.63, 3.8) is 0 Å². The molecule has 32 heavy (non-hydrogen) atoms. The van der Waals surface area contributed by atoms with Crippen molar-refractivity contribution in [2.45, 2.75) is 38.6 Å². The molecule has 0 spiro atoms. The zero-order valence-corrected chi connectivity index (χ0v) is 18.8. The summed E-state index contributed by atoms with van der Waals surface area (Å²) in [5.74, 6) is 1.54. The predicted molar refractivity (Wildman–Crippen MR) is 127 cm³/mol. The third-order valence-electron chi connectivity index (χ3n) is 6.63. The van der Waals surface area contributed by atoms with E-state index in [1.165, 1.54) is 16.9 Å². The monoisotopic (exact) mass is 430 g/mol. The third kappa shape index (κ3) is 3.83. The van der Waals surface area contributed by atoms with Crippen molar-refractivity contribution in [3.05, 3.63) is 65.6 Å². The molecule has 1 unspecified atom stereocenters. The molecule has 7 heteroatoms. The summed E-state index contributed by atoms with van der Waals surface area (Å²) in [7, 11) is 1.83. The van der Waals surface area contributed by atoms with Crippen LogP contribution in [0.2, 0.25) is 0 Å². The Morgan fingerprint density at radius 2 is 2.09 bits per heavy atom. The number of nitrogens with one attached hydrogen (secondary N) is 1. The van der Waals surface area contributed by atoms with Crippen LogP contribution in [0.15, 0.2) is 53.7 Å².